The molecule has 1 atom stereocenters. The molecule has 0 amide bonds. The third-order valence-corrected chi connectivity index (χ3v) is 4.72. The number of benzene rings is 1. The lowest BCUT2D eigenvalue weighted by atomic mass is 10.0. The maximum atomic E-state index is 6.29. The van der Waals surface area contributed by atoms with E-state index in [9.17, 15) is 0 Å². The first-order chi connectivity index (χ1) is 7.99. The number of hydrogen-bond donors (Lipinski definition) is 1. The number of halogens is 2. The summed E-state index contributed by atoms with van der Waals surface area (Å²) in [6.45, 7) is 4.18. The Morgan fingerprint density at radius 3 is 2.53 bits per heavy atom. The molecule has 90 valence electrons. The Balaban J connectivity index is 2.43. The van der Waals surface area contributed by atoms with Crippen molar-refractivity contribution in [3.8, 4) is 0 Å². The number of hydrogen-bond acceptors (Lipinski definition) is 2. The Hall–Kier alpha value is -0.350. The van der Waals surface area contributed by atoms with Gasteiger partial charge >= 0.3 is 0 Å². The normalized spacial score (nSPS) is 12.8. The topological polar surface area (TPSA) is 26.0 Å². The van der Waals surface area contributed by atoms with Gasteiger partial charge in [-0.1, -0.05) is 33.6 Å². The highest BCUT2D eigenvalue weighted by Crippen LogP contribution is 2.34. The molecule has 1 aromatic heterocycles. The predicted molar refractivity (Wildman–Crippen MR) is 79.0 cm³/mol. The zero-order valence-corrected chi connectivity index (χ0v) is 12.8. The van der Waals surface area contributed by atoms with Crippen molar-refractivity contribution in [2.24, 2.45) is 5.73 Å². The second kappa shape index (κ2) is 5.11. The first-order valence-corrected chi connectivity index (χ1v) is 7.25. The molecule has 0 fully saturated rings. The number of aryl methyl sites for hydroxylation is 2. The van der Waals surface area contributed by atoms with Crippen molar-refractivity contribution in [3.63, 3.8) is 0 Å². The number of thiophene rings is 1. The lowest BCUT2D eigenvalue weighted by Gasteiger charge is -2.13. The monoisotopic (exact) mass is 329 g/mol. The van der Waals surface area contributed by atoms with Crippen molar-refractivity contribution in [2.75, 3.05) is 0 Å². The number of nitrogens with two attached hydrogens (primary N) is 1. The highest BCUT2D eigenvalue weighted by Gasteiger charge is 2.16. The highest BCUT2D eigenvalue weighted by molar-refractivity contribution is 9.10. The molecule has 0 spiro atoms. The molecule has 1 aromatic carbocycles. The molecule has 0 saturated carbocycles. The Morgan fingerprint density at radius 2 is 2.00 bits per heavy atom. The van der Waals surface area contributed by atoms with Gasteiger partial charge in [0.15, 0.2) is 0 Å². The molecule has 2 aromatic rings. The minimum atomic E-state index is -0.144. The average Bonchev–Trinajstić information content (AvgIpc) is 2.57. The van der Waals surface area contributed by atoms with Gasteiger partial charge in [0.1, 0.15) is 0 Å². The van der Waals surface area contributed by atoms with Crippen LogP contribution in [0.25, 0.3) is 0 Å². The first kappa shape index (κ1) is 13.1. The summed E-state index contributed by atoms with van der Waals surface area (Å²) in [5, 5.41) is 0.706. The summed E-state index contributed by atoms with van der Waals surface area (Å²) in [6.07, 6.45) is 0. The van der Waals surface area contributed by atoms with Gasteiger partial charge in [0, 0.05) is 19.2 Å². The van der Waals surface area contributed by atoms with E-state index < -0.39 is 0 Å². The van der Waals surface area contributed by atoms with Crippen LogP contribution in [-0.2, 0) is 0 Å². The van der Waals surface area contributed by atoms with E-state index in [1.54, 1.807) is 11.3 Å². The summed E-state index contributed by atoms with van der Waals surface area (Å²) >= 11 is 11.4. The van der Waals surface area contributed by atoms with Crippen LogP contribution in [0.5, 0.6) is 0 Å². The third-order valence-electron chi connectivity index (χ3n) is 2.66. The van der Waals surface area contributed by atoms with Gasteiger partial charge in [-0.05, 0) is 43.2 Å². The van der Waals surface area contributed by atoms with Crippen molar-refractivity contribution >= 4 is 38.9 Å². The van der Waals surface area contributed by atoms with Gasteiger partial charge in [-0.25, -0.2) is 0 Å². The molecule has 17 heavy (non-hydrogen) atoms. The van der Waals surface area contributed by atoms with Crippen LogP contribution in [0.4, 0.5) is 0 Å². The molecular weight excluding hydrogens is 318 g/mol. The Bertz CT molecular complexity index is 550. The molecule has 2 N–H and O–H groups in total. The standard InChI is InChI=1S/C13H13BrClNS/c1-7-5-8(2)17-13(7)12(16)10-4-3-9(14)6-11(10)15/h3-6,12H,16H2,1-2H3. The molecule has 0 bridgehead atoms. The Labute approximate surface area is 119 Å². The fraction of sp³-hybridized carbons (Fsp3) is 0.231. The molecular formula is C13H13BrClNS. The van der Waals surface area contributed by atoms with Crippen LogP contribution in [0.15, 0.2) is 28.7 Å². The molecule has 0 saturated heterocycles. The molecule has 1 unspecified atom stereocenters. The van der Waals surface area contributed by atoms with Gasteiger partial charge in [0.2, 0.25) is 0 Å². The quantitative estimate of drug-likeness (QED) is 0.838. The summed E-state index contributed by atoms with van der Waals surface area (Å²) in [6, 6.07) is 7.84. The van der Waals surface area contributed by atoms with E-state index in [1.807, 2.05) is 18.2 Å². The van der Waals surface area contributed by atoms with Crippen LogP contribution in [0.3, 0.4) is 0 Å². The zero-order chi connectivity index (χ0) is 12.6. The van der Waals surface area contributed by atoms with Gasteiger partial charge in [0.05, 0.1) is 6.04 Å². The summed E-state index contributed by atoms with van der Waals surface area (Å²) in [5.74, 6) is 0. The lowest BCUT2D eigenvalue weighted by Crippen LogP contribution is -2.11. The Kier molecular flexibility index (Phi) is 3.93. The minimum Gasteiger partial charge on any atom is -0.320 e. The van der Waals surface area contributed by atoms with Crippen LogP contribution in [0.2, 0.25) is 5.02 Å². The van der Waals surface area contributed by atoms with Gasteiger partial charge in [-0.2, -0.15) is 0 Å². The van der Waals surface area contributed by atoms with Crippen LogP contribution in [0, 0.1) is 13.8 Å². The van der Waals surface area contributed by atoms with E-state index in [1.165, 1.54) is 15.3 Å². The van der Waals surface area contributed by atoms with Crippen LogP contribution < -0.4 is 5.73 Å². The van der Waals surface area contributed by atoms with Crippen molar-refractivity contribution < 1.29 is 0 Å². The predicted octanol–water partition coefficient (Wildman–Crippen LogP) is 4.83. The van der Waals surface area contributed by atoms with Crippen molar-refractivity contribution in [2.45, 2.75) is 19.9 Å². The number of rotatable bonds is 2. The zero-order valence-electron chi connectivity index (χ0n) is 9.63. The minimum absolute atomic E-state index is 0.144. The van der Waals surface area contributed by atoms with Crippen molar-refractivity contribution in [1.82, 2.24) is 0 Å². The van der Waals surface area contributed by atoms with E-state index >= 15 is 0 Å². The molecule has 0 aliphatic carbocycles. The first-order valence-electron chi connectivity index (χ1n) is 5.26. The smallest absolute Gasteiger partial charge is 0.0663 e. The van der Waals surface area contributed by atoms with Crippen LogP contribution in [0.1, 0.15) is 26.9 Å². The molecule has 2 rings (SSSR count). The van der Waals surface area contributed by atoms with E-state index in [0.29, 0.717) is 5.02 Å². The molecule has 0 aliphatic heterocycles. The summed E-state index contributed by atoms with van der Waals surface area (Å²) in [5.41, 5.74) is 8.50. The second-order valence-corrected chi connectivity index (χ2v) is 6.66. The highest BCUT2D eigenvalue weighted by atomic mass is 79.9. The van der Waals surface area contributed by atoms with Crippen LogP contribution >= 0.6 is 38.9 Å². The van der Waals surface area contributed by atoms with Crippen molar-refractivity contribution in [3.05, 3.63) is 54.6 Å². The average molecular weight is 331 g/mol. The Morgan fingerprint density at radius 1 is 1.29 bits per heavy atom. The summed E-state index contributed by atoms with van der Waals surface area (Å²) in [7, 11) is 0. The van der Waals surface area contributed by atoms with Gasteiger partial charge in [-0.3, -0.25) is 0 Å². The second-order valence-electron chi connectivity index (χ2n) is 4.05. The third kappa shape index (κ3) is 2.74. The summed E-state index contributed by atoms with van der Waals surface area (Å²) < 4.78 is 0.970. The van der Waals surface area contributed by atoms with Gasteiger partial charge in [0.25, 0.3) is 0 Å². The maximum Gasteiger partial charge on any atom is 0.0663 e. The largest absolute Gasteiger partial charge is 0.320 e. The lowest BCUT2D eigenvalue weighted by molar-refractivity contribution is 0.885. The molecule has 0 radical (unpaired) electrons. The van der Waals surface area contributed by atoms with E-state index in [-0.39, 0.29) is 6.04 Å². The molecule has 1 nitrogen and oxygen atoms in total. The van der Waals surface area contributed by atoms with Gasteiger partial charge in [-0.15, -0.1) is 11.3 Å². The van der Waals surface area contributed by atoms with Crippen LogP contribution in [-0.4, -0.2) is 0 Å². The SMILES string of the molecule is Cc1cc(C)c(C(N)c2ccc(Br)cc2Cl)s1. The summed E-state index contributed by atoms with van der Waals surface area (Å²) in [4.78, 5) is 2.47. The maximum absolute atomic E-state index is 6.29. The van der Waals surface area contributed by atoms with Crippen molar-refractivity contribution in [1.29, 1.82) is 0 Å². The van der Waals surface area contributed by atoms with Gasteiger partial charge < -0.3 is 5.73 Å². The molecule has 1 heterocycles. The molecule has 4 heteroatoms. The van der Waals surface area contributed by atoms with E-state index in [2.05, 4.69) is 35.8 Å². The fourth-order valence-electron chi connectivity index (χ4n) is 1.86. The van der Waals surface area contributed by atoms with E-state index in [0.717, 1.165) is 10.0 Å². The fourth-order valence-corrected chi connectivity index (χ4v) is 3.71. The molecule has 0 aliphatic rings. The van der Waals surface area contributed by atoms with E-state index in [4.69, 9.17) is 17.3 Å².